The van der Waals surface area contributed by atoms with Gasteiger partial charge in [0, 0.05) is 38.7 Å². The van der Waals surface area contributed by atoms with E-state index in [0.29, 0.717) is 0 Å². The van der Waals surface area contributed by atoms with Crippen LogP contribution in [-0.2, 0) is 0 Å². The van der Waals surface area contributed by atoms with E-state index in [2.05, 4.69) is 228 Å². The molecule has 0 saturated carbocycles. The molecule has 2 aromatic heterocycles. The van der Waals surface area contributed by atoms with Gasteiger partial charge in [0.2, 0.25) is 0 Å². The van der Waals surface area contributed by atoms with Gasteiger partial charge in [0.05, 0.1) is 27.8 Å². The number of nitrogens with zero attached hydrogens (tertiary/aromatic N) is 2. The molecule has 11 rings (SSSR count). The molecule has 0 radical (unpaired) electrons. The number of para-hydroxylation sites is 5. The molecule has 2 heterocycles. The Bertz CT molecular complexity index is 3180. The fourth-order valence-corrected chi connectivity index (χ4v) is 8.60. The summed E-state index contributed by atoms with van der Waals surface area (Å²) in [6.07, 6.45) is 0. The summed E-state index contributed by atoms with van der Waals surface area (Å²) >= 11 is 0. The van der Waals surface area contributed by atoms with Crippen LogP contribution in [0.15, 0.2) is 223 Å². The van der Waals surface area contributed by atoms with E-state index in [1.165, 1.54) is 44.1 Å². The average molecular weight is 729 g/mol. The lowest BCUT2D eigenvalue weighted by Gasteiger charge is -2.27. The molecule has 0 atom stereocenters. The molecule has 0 fully saturated rings. The van der Waals surface area contributed by atoms with Gasteiger partial charge in [0.1, 0.15) is 11.2 Å². The van der Waals surface area contributed by atoms with Crippen LogP contribution in [0.3, 0.4) is 0 Å². The second kappa shape index (κ2) is 13.6. The first-order valence-electron chi connectivity index (χ1n) is 19.4. The van der Waals surface area contributed by atoms with Gasteiger partial charge >= 0.3 is 0 Å². The highest BCUT2D eigenvalue weighted by molar-refractivity contribution is 6.18. The summed E-state index contributed by atoms with van der Waals surface area (Å²) < 4.78 is 9.34. The predicted molar refractivity (Wildman–Crippen MR) is 239 cm³/mol. The van der Waals surface area contributed by atoms with E-state index in [0.717, 1.165) is 55.8 Å². The Kier molecular flexibility index (Phi) is 7.82. The quantitative estimate of drug-likeness (QED) is 0.163. The van der Waals surface area contributed by atoms with Crippen molar-refractivity contribution in [2.75, 3.05) is 4.90 Å². The van der Waals surface area contributed by atoms with Gasteiger partial charge in [-0.3, -0.25) is 0 Å². The van der Waals surface area contributed by atoms with Crippen molar-refractivity contribution in [1.29, 1.82) is 0 Å². The predicted octanol–water partition coefficient (Wildman–Crippen LogP) is 15.2. The maximum absolute atomic E-state index is 6.94. The topological polar surface area (TPSA) is 21.3 Å². The SMILES string of the molecule is c1ccc(-c2cccc(-c3ccc(N(c4ccccc4)c4ccc(-c5ccccc5-n5c6ccccc6c6ccccc65)c5oc6ccccc6c45)cc3)c2)cc1. The van der Waals surface area contributed by atoms with Crippen LogP contribution in [0.2, 0.25) is 0 Å². The molecule has 0 N–H and O–H groups in total. The Morgan fingerprint density at radius 3 is 1.63 bits per heavy atom. The van der Waals surface area contributed by atoms with Gasteiger partial charge in [-0.2, -0.15) is 0 Å². The highest BCUT2D eigenvalue weighted by Crippen LogP contribution is 2.47. The number of furan rings is 1. The smallest absolute Gasteiger partial charge is 0.145 e. The first-order chi connectivity index (χ1) is 28.3. The summed E-state index contributed by atoms with van der Waals surface area (Å²) in [4.78, 5) is 2.36. The first-order valence-corrected chi connectivity index (χ1v) is 19.4. The lowest BCUT2D eigenvalue weighted by atomic mass is 9.97. The molecule has 0 aliphatic rings. The minimum atomic E-state index is 0.859. The van der Waals surface area contributed by atoms with Gasteiger partial charge in [-0.1, -0.05) is 152 Å². The summed E-state index contributed by atoms with van der Waals surface area (Å²) in [5, 5.41) is 4.62. The maximum atomic E-state index is 6.94. The third kappa shape index (κ3) is 5.51. The second-order valence-corrected chi connectivity index (χ2v) is 14.5. The normalized spacial score (nSPS) is 11.5. The third-order valence-electron chi connectivity index (χ3n) is 11.2. The van der Waals surface area contributed by atoms with E-state index < -0.39 is 0 Å². The van der Waals surface area contributed by atoms with Crippen molar-refractivity contribution in [1.82, 2.24) is 4.57 Å². The summed E-state index contributed by atoms with van der Waals surface area (Å²) in [5.74, 6) is 0. The Hall–Kier alpha value is -7.62. The fourth-order valence-electron chi connectivity index (χ4n) is 8.60. The number of anilines is 3. The number of benzene rings is 9. The van der Waals surface area contributed by atoms with Crippen molar-refractivity contribution in [3.05, 3.63) is 218 Å². The van der Waals surface area contributed by atoms with Gasteiger partial charge in [-0.15, -0.1) is 0 Å². The number of rotatable bonds is 7. The fraction of sp³-hybridized carbons (Fsp3) is 0. The second-order valence-electron chi connectivity index (χ2n) is 14.5. The Morgan fingerprint density at radius 1 is 0.368 bits per heavy atom. The van der Waals surface area contributed by atoms with E-state index in [9.17, 15) is 0 Å². The first kappa shape index (κ1) is 32.8. The Labute approximate surface area is 330 Å². The molecule has 0 unspecified atom stereocenters. The van der Waals surface area contributed by atoms with Gasteiger partial charge in [0.15, 0.2) is 0 Å². The number of fused-ring (bicyclic) bond motifs is 6. The van der Waals surface area contributed by atoms with E-state index in [4.69, 9.17) is 4.42 Å². The highest BCUT2D eigenvalue weighted by atomic mass is 16.3. The van der Waals surface area contributed by atoms with Crippen LogP contribution in [0, 0.1) is 0 Å². The molecule has 0 spiro atoms. The summed E-state index contributed by atoms with van der Waals surface area (Å²) in [6.45, 7) is 0. The summed E-state index contributed by atoms with van der Waals surface area (Å²) in [6, 6.07) is 77.9. The Balaban J connectivity index is 1.10. The molecular weight excluding hydrogens is 693 g/mol. The van der Waals surface area contributed by atoms with Gasteiger partial charge in [0.25, 0.3) is 0 Å². The van der Waals surface area contributed by atoms with Crippen molar-refractivity contribution in [3.8, 4) is 39.1 Å². The van der Waals surface area contributed by atoms with Gasteiger partial charge in [-0.25, -0.2) is 0 Å². The Morgan fingerprint density at radius 2 is 0.912 bits per heavy atom. The van der Waals surface area contributed by atoms with Crippen molar-refractivity contribution in [3.63, 3.8) is 0 Å². The lowest BCUT2D eigenvalue weighted by molar-refractivity contribution is 0.670. The van der Waals surface area contributed by atoms with E-state index >= 15 is 0 Å². The van der Waals surface area contributed by atoms with Crippen LogP contribution < -0.4 is 4.90 Å². The number of aromatic nitrogens is 1. The van der Waals surface area contributed by atoms with E-state index in [-0.39, 0.29) is 0 Å². The highest BCUT2D eigenvalue weighted by Gasteiger charge is 2.24. The van der Waals surface area contributed by atoms with E-state index in [1.54, 1.807) is 0 Å². The molecule has 0 aliphatic carbocycles. The minimum Gasteiger partial charge on any atom is -0.455 e. The zero-order chi connectivity index (χ0) is 37.7. The molecule has 9 aromatic carbocycles. The lowest BCUT2D eigenvalue weighted by Crippen LogP contribution is -2.10. The zero-order valence-electron chi connectivity index (χ0n) is 31.1. The molecule has 0 bridgehead atoms. The van der Waals surface area contributed by atoms with Crippen molar-refractivity contribution in [2.24, 2.45) is 0 Å². The van der Waals surface area contributed by atoms with Gasteiger partial charge < -0.3 is 13.9 Å². The molecule has 3 heteroatoms. The summed E-state index contributed by atoms with van der Waals surface area (Å²) in [7, 11) is 0. The minimum absolute atomic E-state index is 0.859. The van der Waals surface area contributed by atoms with Crippen molar-refractivity contribution in [2.45, 2.75) is 0 Å². The molecule has 57 heavy (non-hydrogen) atoms. The molecule has 3 nitrogen and oxygen atoms in total. The van der Waals surface area contributed by atoms with E-state index in [1.807, 2.05) is 0 Å². The molecule has 0 amide bonds. The molecule has 0 saturated heterocycles. The van der Waals surface area contributed by atoms with Crippen LogP contribution in [0.1, 0.15) is 0 Å². The van der Waals surface area contributed by atoms with Gasteiger partial charge in [-0.05, 0) is 89.0 Å². The number of hydrogen-bond donors (Lipinski definition) is 0. The maximum Gasteiger partial charge on any atom is 0.145 e. The monoisotopic (exact) mass is 728 g/mol. The standard InChI is InChI=1S/C54H36N2O/c1-3-16-37(17-4-1)39-18-15-19-40(36-39)38-30-32-42(33-31-38)55(41-20-5-2-6-21-41)51-35-34-46(54-53(51)47-25-10-14-29-52(47)57-54)45-24-9-13-28-50(45)56-48-26-11-7-22-43(48)44-23-8-12-27-49(44)56/h1-36H. The van der Waals surface area contributed by atoms with Crippen molar-refractivity contribution >= 4 is 60.8 Å². The zero-order valence-corrected chi connectivity index (χ0v) is 31.1. The van der Waals surface area contributed by atoms with Crippen LogP contribution >= 0.6 is 0 Å². The summed E-state index contributed by atoms with van der Waals surface area (Å²) in [5.41, 5.74) is 15.3. The largest absolute Gasteiger partial charge is 0.455 e. The van der Waals surface area contributed by atoms with Crippen LogP contribution in [0.4, 0.5) is 17.1 Å². The number of hydrogen-bond acceptors (Lipinski definition) is 2. The third-order valence-corrected chi connectivity index (χ3v) is 11.2. The van der Waals surface area contributed by atoms with Crippen molar-refractivity contribution < 1.29 is 4.42 Å². The molecule has 0 aliphatic heterocycles. The van der Waals surface area contributed by atoms with Crippen LogP contribution in [0.5, 0.6) is 0 Å². The molecule has 11 aromatic rings. The van der Waals surface area contributed by atoms with Crippen LogP contribution in [0.25, 0.3) is 82.8 Å². The molecule has 268 valence electrons. The van der Waals surface area contributed by atoms with Crippen LogP contribution in [-0.4, -0.2) is 4.57 Å². The average Bonchev–Trinajstić information content (AvgIpc) is 3.84. The molecular formula is C54H36N2O.